The van der Waals surface area contributed by atoms with Crippen molar-refractivity contribution in [3.63, 3.8) is 0 Å². The van der Waals surface area contributed by atoms with Crippen molar-refractivity contribution >= 4 is 10.9 Å². The van der Waals surface area contributed by atoms with E-state index < -0.39 is 0 Å². The molecule has 0 atom stereocenters. The van der Waals surface area contributed by atoms with Gasteiger partial charge in [0.1, 0.15) is 0 Å². The second-order valence-corrected chi connectivity index (χ2v) is 8.28. The van der Waals surface area contributed by atoms with Gasteiger partial charge in [-0.25, -0.2) is 4.98 Å². The van der Waals surface area contributed by atoms with E-state index in [4.69, 9.17) is 9.47 Å². The standard InChI is InChI=1S/C27H25N5O4/c1-18-26-21(15-25(33)30(18)17-20-11-7-13-23(28-20)35-2)31(16-19-9-5-4-6-10-19)32(27(26)34)22-12-8-14-24(29-22)36-3/h4-15H,16-17H2,1-3H3. The highest BCUT2D eigenvalue weighted by Crippen LogP contribution is 2.20. The number of pyridine rings is 3. The Kier molecular flexibility index (Phi) is 6.12. The minimum Gasteiger partial charge on any atom is -0.481 e. The third-order valence-electron chi connectivity index (χ3n) is 6.10. The van der Waals surface area contributed by atoms with Gasteiger partial charge in [-0.2, -0.15) is 9.67 Å². The number of hydrogen-bond donors (Lipinski definition) is 0. The Hall–Kier alpha value is -4.66. The van der Waals surface area contributed by atoms with Crippen LogP contribution in [0, 0.1) is 6.92 Å². The number of methoxy groups -OCH3 is 2. The molecule has 182 valence electrons. The van der Waals surface area contributed by atoms with Gasteiger partial charge in [0.15, 0.2) is 5.82 Å². The largest absolute Gasteiger partial charge is 0.481 e. The van der Waals surface area contributed by atoms with Crippen LogP contribution in [0.15, 0.2) is 82.4 Å². The van der Waals surface area contributed by atoms with E-state index in [9.17, 15) is 9.59 Å². The van der Waals surface area contributed by atoms with Crippen LogP contribution in [-0.2, 0) is 13.1 Å². The normalized spacial score (nSPS) is 11.1. The Balaban J connectivity index is 1.75. The summed E-state index contributed by atoms with van der Waals surface area (Å²) in [5, 5.41) is 0.443. The van der Waals surface area contributed by atoms with Gasteiger partial charge in [0, 0.05) is 23.9 Å². The predicted molar refractivity (Wildman–Crippen MR) is 136 cm³/mol. The van der Waals surface area contributed by atoms with Gasteiger partial charge in [-0.3, -0.25) is 14.3 Å². The lowest BCUT2D eigenvalue weighted by Gasteiger charge is -2.14. The minimum absolute atomic E-state index is 0.207. The zero-order chi connectivity index (χ0) is 25.2. The van der Waals surface area contributed by atoms with Crippen LogP contribution in [0.5, 0.6) is 11.8 Å². The van der Waals surface area contributed by atoms with Crippen molar-refractivity contribution in [2.45, 2.75) is 20.0 Å². The first-order valence-electron chi connectivity index (χ1n) is 11.4. The molecule has 5 aromatic rings. The SMILES string of the molecule is COc1cccc(Cn2c(C)c3c(=O)n(-c4cccc(OC)n4)n(Cc4ccccc4)c3cc2=O)n1. The zero-order valence-corrected chi connectivity index (χ0v) is 20.2. The topological polar surface area (TPSA) is 93.2 Å². The molecule has 0 N–H and O–H groups in total. The second-order valence-electron chi connectivity index (χ2n) is 8.28. The number of aryl methyl sites for hydroxylation is 1. The average molecular weight is 484 g/mol. The van der Waals surface area contributed by atoms with Crippen LogP contribution in [-0.4, -0.2) is 38.1 Å². The molecule has 0 saturated carbocycles. The Bertz CT molecular complexity index is 1670. The van der Waals surface area contributed by atoms with Crippen LogP contribution in [0.25, 0.3) is 16.7 Å². The Morgan fingerprint density at radius 2 is 1.50 bits per heavy atom. The highest BCUT2D eigenvalue weighted by molar-refractivity contribution is 5.81. The maximum absolute atomic E-state index is 13.9. The lowest BCUT2D eigenvalue weighted by Crippen LogP contribution is -2.24. The fourth-order valence-corrected chi connectivity index (χ4v) is 4.34. The molecule has 0 amide bonds. The van der Waals surface area contributed by atoms with Gasteiger partial charge < -0.3 is 14.0 Å². The van der Waals surface area contributed by atoms with E-state index in [1.807, 2.05) is 42.5 Å². The van der Waals surface area contributed by atoms with E-state index in [-0.39, 0.29) is 17.7 Å². The molecule has 0 radical (unpaired) electrons. The minimum atomic E-state index is -0.272. The zero-order valence-electron chi connectivity index (χ0n) is 20.2. The monoisotopic (exact) mass is 483 g/mol. The van der Waals surface area contributed by atoms with E-state index in [0.29, 0.717) is 46.4 Å². The molecule has 0 saturated heterocycles. The van der Waals surface area contributed by atoms with Crippen LogP contribution in [0.4, 0.5) is 0 Å². The van der Waals surface area contributed by atoms with Gasteiger partial charge in [-0.15, -0.1) is 0 Å². The maximum atomic E-state index is 13.9. The summed E-state index contributed by atoms with van der Waals surface area (Å²) >= 11 is 0. The fraction of sp³-hybridized carbons (Fsp3) is 0.185. The van der Waals surface area contributed by atoms with E-state index in [2.05, 4.69) is 9.97 Å². The second kappa shape index (κ2) is 9.53. The molecule has 0 bridgehead atoms. The van der Waals surface area contributed by atoms with Crippen molar-refractivity contribution in [1.29, 1.82) is 0 Å². The summed E-state index contributed by atoms with van der Waals surface area (Å²) in [7, 11) is 3.07. The van der Waals surface area contributed by atoms with Gasteiger partial charge in [0.25, 0.3) is 11.1 Å². The molecule has 9 nitrogen and oxygen atoms in total. The Labute approximate surface area is 206 Å². The molecular formula is C27H25N5O4. The quantitative estimate of drug-likeness (QED) is 0.353. The lowest BCUT2D eigenvalue weighted by atomic mass is 10.2. The highest BCUT2D eigenvalue weighted by Gasteiger charge is 2.21. The lowest BCUT2D eigenvalue weighted by molar-refractivity contribution is 0.395. The first-order chi connectivity index (χ1) is 17.5. The maximum Gasteiger partial charge on any atom is 0.282 e. The number of fused-ring (bicyclic) bond motifs is 1. The van der Waals surface area contributed by atoms with E-state index in [1.165, 1.54) is 17.9 Å². The molecule has 9 heteroatoms. The van der Waals surface area contributed by atoms with Crippen molar-refractivity contribution in [3.05, 3.63) is 110 Å². The first-order valence-corrected chi connectivity index (χ1v) is 11.4. The van der Waals surface area contributed by atoms with Crippen molar-refractivity contribution in [2.75, 3.05) is 14.2 Å². The molecule has 4 heterocycles. The van der Waals surface area contributed by atoms with E-state index in [1.54, 1.807) is 47.5 Å². The van der Waals surface area contributed by atoms with Crippen LogP contribution in [0.2, 0.25) is 0 Å². The smallest absolute Gasteiger partial charge is 0.282 e. The summed E-state index contributed by atoms with van der Waals surface area (Å²) in [5.74, 6) is 1.25. The first kappa shape index (κ1) is 23.1. The number of rotatable bonds is 7. The van der Waals surface area contributed by atoms with Crippen LogP contribution in [0.1, 0.15) is 17.0 Å². The average Bonchev–Trinajstić information content (AvgIpc) is 3.17. The highest BCUT2D eigenvalue weighted by atomic mass is 16.5. The third kappa shape index (κ3) is 4.15. The molecule has 0 aliphatic rings. The number of aromatic nitrogens is 5. The summed E-state index contributed by atoms with van der Waals surface area (Å²) in [5.41, 5.74) is 2.21. The summed E-state index contributed by atoms with van der Waals surface area (Å²) < 4.78 is 15.3. The molecule has 36 heavy (non-hydrogen) atoms. The number of hydrogen-bond acceptors (Lipinski definition) is 6. The predicted octanol–water partition coefficient (Wildman–Crippen LogP) is 3.17. The summed E-state index contributed by atoms with van der Waals surface area (Å²) in [6, 6.07) is 21.9. The van der Waals surface area contributed by atoms with Gasteiger partial charge in [0.05, 0.1) is 43.9 Å². The van der Waals surface area contributed by atoms with Gasteiger partial charge >= 0.3 is 0 Å². The number of ether oxygens (including phenoxy) is 2. The van der Waals surface area contributed by atoms with Gasteiger partial charge in [0.2, 0.25) is 11.8 Å². The third-order valence-corrected chi connectivity index (χ3v) is 6.10. The Morgan fingerprint density at radius 1 is 0.806 bits per heavy atom. The molecule has 1 aromatic carbocycles. The molecule has 0 spiro atoms. The van der Waals surface area contributed by atoms with Crippen molar-refractivity contribution in [1.82, 2.24) is 23.9 Å². The summed E-state index contributed by atoms with van der Waals surface area (Å²) in [6.07, 6.45) is 0. The van der Waals surface area contributed by atoms with Gasteiger partial charge in [-0.1, -0.05) is 42.5 Å². The van der Waals surface area contributed by atoms with Gasteiger partial charge in [-0.05, 0) is 24.6 Å². The van der Waals surface area contributed by atoms with Crippen molar-refractivity contribution in [2.24, 2.45) is 0 Å². The van der Waals surface area contributed by atoms with Crippen LogP contribution in [0.3, 0.4) is 0 Å². The molecule has 0 unspecified atom stereocenters. The molecule has 0 aliphatic heterocycles. The number of nitrogens with zero attached hydrogens (tertiary/aromatic N) is 5. The fourth-order valence-electron chi connectivity index (χ4n) is 4.34. The van der Waals surface area contributed by atoms with Crippen molar-refractivity contribution in [3.8, 4) is 17.6 Å². The summed E-state index contributed by atoms with van der Waals surface area (Å²) in [6.45, 7) is 2.36. The Morgan fingerprint density at radius 3 is 2.22 bits per heavy atom. The molecular weight excluding hydrogens is 458 g/mol. The van der Waals surface area contributed by atoms with Crippen molar-refractivity contribution < 1.29 is 9.47 Å². The molecule has 5 rings (SSSR count). The molecule has 4 aromatic heterocycles. The molecule has 0 fully saturated rings. The summed E-state index contributed by atoms with van der Waals surface area (Å²) in [4.78, 5) is 36.1. The van der Waals surface area contributed by atoms with Crippen LogP contribution >= 0.6 is 0 Å². The van der Waals surface area contributed by atoms with Crippen LogP contribution < -0.4 is 20.6 Å². The van der Waals surface area contributed by atoms with E-state index in [0.717, 1.165) is 5.56 Å². The van der Waals surface area contributed by atoms with E-state index >= 15 is 0 Å². The number of benzene rings is 1. The molecule has 0 aliphatic carbocycles.